The van der Waals surface area contributed by atoms with Gasteiger partial charge in [-0.1, -0.05) is 12.1 Å². The highest BCUT2D eigenvalue weighted by molar-refractivity contribution is 6.08. The maximum absolute atomic E-state index is 12.4. The average Bonchev–Trinajstić information content (AvgIpc) is 2.81. The lowest BCUT2D eigenvalue weighted by Crippen LogP contribution is -3.06. The van der Waals surface area contributed by atoms with Crippen molar-refractivity contribution in [3.05, 3.63) is 29.8 Å². The monoisotopic (exact) mass is 328 g/mol. The molecule has 0 fully saturated rings. The molecular formula is C17H22N5O2+. The molecule has 0 radical (unpaired) electrons. The molecular weight excluding hydrogens is 306 g/mol. The first-order valence-corrected chi connectivity index (χ1v) is 8.03. The zero-order chi connectivity index (χ0) is 17.3. The molecule has 2 aromatic heterocycles. The number of hydrogen-bond acceptors (Lipinski definition) is 5. The van der Waals surface area contributed by atoms with E-state index >= 15 is 0 Å². The Kier molecular flexibility index (Phi) is 4.35. The van der Waals surface area contributed by atoms with Gasteiger partial charge in [0.1, 0.15) is 16.9 Å². The summed E-state index contributed by atoms with van der Waals surface area (Å²) in [5, 5.41) is 0. The van der Waals surface area contributed by atoms with E-state index in [0.717, 1.165) is 17.6 Å². The third-order valence-corrected chi connectivity index (χ3v) is 3.91. The number of quaternary nitrogens is 1. The Balaban J connectivity index is 2.26. The number of carbonyl (C=O) groups is 1. The van der Waals surface area contributed by atoms with Gasteiger partial charge in [-0.2, -0.15) is 0 Å². The fourth-order valence-corrected chi connectivity index (χ4v) is 2.68. The first-order valence-electron chi connectivity index (χ1n) is 8.03. The highest BCUT2D eigenvalue weighted by Gasteiger charge is 2.25. The number of nitrogens with two attached hydrogens (primary N) is 1. The van der Waals surface area contributed by atoms with E-state index in [9.17, 15) is 4.79 Å². The highest BCUT2D eigenvalue weighted by Crippen LogP contribution is 2.28. The Morgan fingerprint density at radius 3 is 2.54 bits per heavy atom. The molecule has 0 atom stereocenters. The predicted molar refractivity (Wildman–Crippen MR) is 93.1 cm³/mol. The SMILES string of the molecule is CCOC(=O)c1c(N)n(CC[NH+](C)C)c2nc3ccccc3nc12. The van der Waals surface area contributed by atoms with Crippen LogP contribution in [0.1, 0.15) is 17.3 Å². The molecule has 0 saturated heterocycles. The van der Waals surface area contributed by atoms with Gasteiger partial charge in [-0.3, -0.25) is 0 Å². The molecule has 7 heteroatoms. The van der Waals surface area contributed by atoms with Gasteiger partial charge in [-0.25, -0.2) is 14.8 Å². The van der Waals surface area contributed by atoms with E-state index in [4.69, 9.17) is 10.5 Å². The quantitative estimate of drug-likeness (QED) is 0.666. The number of esters is 1. The number of anilines is 1. The van der Waals surface area contributed by atoms with Gasteiger partial charge in [0.15, 0.2) is 5.65 Å². The maximum Gasteiger partial charge on any atom is 0.344 e. The molecule has 3 aromatic rings. The third kappa shape index (κ3) is 2.78. The second-order valence-electron chi connectivity index (χ2n) is 5.97. The number of nitrogens with one attached hydrogen (secondary N) is 1. The molecule has 0 aliphatic rings. The highest BCUT2D eigenvalue weighted by atomic mass is 16.5. The van der Waals surface area contributed by atoms with Crippen LogP contribution in [0.15, 0.2) is 24.3 Å². The molecule has 0 unspecified atom stereocenters. The standard InChI is InChI=1S/C17H21N5O2/c1-4-24-17(23)13-14-16(22(15(13)18)10-9-21(2)3)20-12-8-6-5-7-11(12)19-14/h5-8H,4,9-10,18H2,1-3H3/p+1. The second-order valence-corrected chi connectivity index (χ2v) is 5.97. The first-order chi connectivity index (χ1) is 11.5. The fourth-order valence-electron chi connectivity index (χ4n) is 2.68. The minimum Gasteiger partial charge on any atom is -0.462 e. The Labute approximate surface area is 140 Å². The maximum atomic E-state index is 12.4. The molecule has 1 aromatic carbocycles. The normalized spacial score (nSPS) is 11.5. The number of aromatic nitrogens is 3. The number of rotatable bonds is 5. The summed E-state index contributed by atoms with van der Waals surface area (Å²) in [6.45, 7) is 3.55. The van der Waals surface area contributed by atoms with Crippen molar-refractivity contribution in [3.63, 3.8) is 0 Å². The molecule has 3 rings (SSSR count). The number of ether oxygens (including phenoxy) is 1. The molecule has 24 heavy (non-hydrogen) atoms. The summed E-state index contributed by atoms with van der Waals surface area (Å²) in [6, 6.07) is 7.57. The summed E-state index contributed by atoms with van der Waals surface area (Å²) in [7, 11) is 4.13. The van der Waals surface area contributed by atoms with Crippen molar-refractivity contribution in [1.29, 1.82) is 0 Å². The van der Waals surface area contributed by atoms with Gasteiger partial charge in [0.2, 0.25) is 0 Å². The van der Waals surface area contributed by atoms with Gasteiger partial charge in [0, 0.05) is 0 Å². The van der Waals surface area contributed by atoms with E-state index in [1.807, 2.05) is 28.8 Å². The topological polar surface area (TPSA) is 87.5 Å². The fraction of sp³-hybridized carbons (Fsp3) is 0.353. The van der Waals surface area contributed by atoms with Crippen LogP contribution in [0.5, 0.6) is 0 Å². The van der Waals surface area contributed by atoms with Crippen molar-refractivity contribution in [1.82, 2.24) is 14.5 Å². The van der Waals surface area contributed by atoms with Crippen LogP contribution in [0.4, 0.5) is 5.82 Å². The average molecular weight is 328 g/mol. The number of carbonyl (C=O) groups excluding carboxylic acids is 1. The van der Waals surface area contributed by atoms with Gasteiger partial charge in [-0.05, 0) is 19.1 Å². The number of nitrogen functional groups attached to an aromatic ring is 1. The van der Waals surface area contributed by atoms with Gasteiger partial charge >= 0.3 is 5.97 Å². The minimum atomic E-state index is -0.458. The van der Waals surface area contributed by atoms with Gasteiger partial charge < -0.3 is 19.9 Å². The summed E-state index contributed by atoms with van der Waals surface area (Å²) in [4.78, 5) is 23.0. The number of hydrogen-bond donors (Lipinski definition) is 2. The van der Waals surface area contributed by atoms with Crippen LogP contribution in [0.25, 0.3) is 22.2 Å². The van der Waals surface area contributed by atoms with Crippen LogP contribution in [0.3, 0.4) is 0 Å². The zero-order valence-corrected chi connectivity index (χ0v) is 14.2. The number of likely N-dealkylation sites (N-methyl/N-ethyl adjacent to an activating group) is 1. The molecule has 126 valence electrons. The van der Waals surface area contributed by atoms with Crippen molar-refractivity contribution < 1.29 is 14.4 Å². The molecule has 2 heterocycles. The second kappa shape index (κ2) is 6.45. The van der Waals surface area contributed by atoms with Gasteiger partial charge in [0.25, 0.3) is 0 Å². The minimum absolute atomic E-state index is 0.286. The zero-order valence-electron chi connectivity index (χ0n) is 14.2. The first kappa shape index (κ1) is 16.2. The van der Waals surface area contributed by atoms with Crippen LogP contribution in [-0.4, -0.2) is 47.8 Å². The molecule has 0 spiro atoms. The lowest BCUT2D eigenvalue weighted by atomic mass is 10.2. The number of para-hydroxylation sites is 2. The summed E-state index contributed by atoms with van der Waals surface area (Å²) in [5.74, 6) is -0.0967. The van der Waals surface area contributed by atoms with E-state index in [1.165, 1.54) is 4.90 Å². The van der Waals surface area contributed by atoms with Crippen molar-refractivity contribution in [2.24, 2.45) is 0 Å². The van der Waals surface area contributed by atoms with Crippen molar-refractivity contribution >= 4 is 34.0 Å². The lowest BCUT2D eigenvalue weighted by Gasteiger charge is -2.10. The summed E-state index contributed by atoms with van der Waals surface area (Å²) in [6.07, 6.45) is 0. The largest absolute Gasteiger partial charge is 0.462 e. The Bertz CT molecular complexity index is 901. The molecule has 0 bridgehead atoms. The summed E-state index contributed by atoms with van der Waals surface area (Å²) >= 11 is 0. The number of nitrogens with zero attached hydrogens (tertiary/aromatic N) is 3. The van der Waals surface area contributed by atoms with Crippen molar-refractivity contribution in [2.75, 3.05) is 33.0 Å². The lowest BCUT2D eigenvalue weighted by molar-refractivity contribution is -0.858. The van der Waals surface area contributed by atoms with Crippen LogP contribution < -0.4 is 10.6 Å². The smallest absolute Gasteiger partial charge is 0.344 e. The number of fused-ring (bicyclic) bond motifs is 2. The van der Waals surface area contributed by atoms with Gasteiger partial charge in [0.05, 0.1) is 44.8 Å². The Morgan fingerprint density at radius 2 is 1.92 bits per heavy atom. The van der Waals surface area contributed by atoms with Crippen molar-refractivity contribution in [3.8, 4) is 0 Å². The van der Waals surface area contributed by atoms with Crippen LogP contribution in [-0.2, 0) is 11.3 Å². The Hall–Kier alpha value is -2.67. The van der Waals surface area contributed by atoms with E-state index in [0.29, 0.717) is 29.1 Å². The van der Waals surface area contributed by atoms with E-state index < -0.39 is 5.97 Å². The molecule has 0 aliphatic heterocycles. The summed E-state index contributed by atoms with van der Waals surface area (Å²) in [5.41, 5.74) is 9.20. The Morgan fingerprint density at radius 1 is 1.25 bits per heavy atom. The van der Waals surface area contributed by atoms with Crippen LogP contribution in [0.2, 0.25) is 0 Å². The predicted octanol–water partition coefficient (Wildman–Crippen LogP) is 0.488. The summed E-state index contributed by atoms with van der Waals surface area (Å²) < 4.78 is 7.02. The van der Waals surface area contributed by atoms with E-state index in [1.54, 1.807) is 6.92 Å². The molecule has 0 saturated carbocycles. The van der Waals surface area contributed by atoms with Gasteiger partial charge in [-0.15, -0.1) is 0 Å². The third-order valence-electron chi connectivity index (χ3n) is 3.91. The molecule has 3 N–H and O–H groups in total. The number of benzene rings is 1. The van der Waals surface area contributed by atoms with E-state index in [-0.39, 0.29) is 6.61 Å². The molecule has 7 nitrogen and oxygen atoms in total. The molecule has 0 aliphatic carbocycles. The van der Waals surface area contributed by atoms with Crippen molar-refractivity contribution in [2.45, 2.75) is 13.5 Å². The molecule has 0 amide bonds. The van der Waals surface area contributed by atoms with E-state index in [2.05, 4.69) is 24.1 Å². The van der Waals surface area contributed by atoms with Crippen LogP contribution in [0, 0.1) is 0 Å². The van der Waals surface area contributed by atoms with Crippen LogP contribution >= 0.6 is 0 Å².